The van der Waals surface area contributed by atoms with Gasteiger partial charge in [0.1, 0.15) is 6.33 Å². The Bertz CT molecular complexity index is 480. The lowest BCUT2D eigenvalue weighted by Gasteiger charge is -2.06. The third-order valence-corrected chi connectivity index (χ3v) is 2.16. The summed E-state index contributed by atoms with van der Waals surface area (Å²) in [6.07, 6.45) is 1.02. The summed E-state index contributed by atoms with van der Waals surface area (Å²) in [5, 5.41) is 20.2. The first kappa shape index (κ1) is 10.7. The maximum absolute atomic E-state index is 9.19. The molecule has 1 atom stereocenters. The standard InChI is InChI=1S/C9H14N6O/c1-3-15-9-7(13-14-15)8(11-5-12-9)10-4-6(2)16/h5-6,16H,3-4H2,1-2H3,(H,10,11,12)/t6-/m0/s1. The van der Waals surface area contributed by atoms with Crippen LogP contribution < -0.4 is 5.32 Å². The Hall–Kier alpha value is -1.76. The largest absolute Gasteiger partial charge is 0.392 e. The zero-order valence-corrected chi connectivity index (χ0v) is 9.25. The normalized spacial score (nSPS) is 12.9. The van der Waals surface area contributed by atoms with Crippen molar-refractivity contribution in [1.82, 2.24) is 25.0 Å². The molecule has 2 heterocycles. The number of nitrogens with one attached hydrogen (secondary N) is 1. The highest BCUT2D eigenvalue weighted by Crippen LogP contribution is 2.15. The average Bonchev–Trinajstić information content (AvgIpc) is 2.69. The van der Waals surface area contributed by atoms with E-state index in [-0.39, 0.29) is 0 Å². The molecule has 0 unspecified atom stereocenters. The van der Waals surface area contributed by atoms with Gasteiger partial charge in [0.25, 0.3) is 0 Å². The van der Waals surface area contributed by atoms with Crippen molar-refractivity contribution < 1.29 is 5.11 Å². The summed E-state index contributed by atoms with van der Waals surface area (Å²) >= 11 is 0. The Labute approximate surface area is 92.5 Å². The number of aliphatic hydroxyl groups is 1. The number of aliphatic hydroxyl groups excluding tert-OH is 1. The minimum Gasteiger partial charge on any atom is -0.392 e. The number of fused-ring (bicyclic) bond motifs is 1. The van der Waals surface area contributed by atoms with Crippen molar-refractivity contribution in [3.05, 3.63) is 6.33 Å². The molecule has 7 nitrogen and oxygen atoms in total. The molecule has 16 heavy (non-hydrogen) atoms. The lowest BCUT2D eigenvalue weighted by atomic mass is 10.4. The van der Waals surface area contributed by atoms with Crippen LogP contribution in [0.3, 0.4) is 0 Å². The van der Waals surface area contributed by atoms with Gasteiger partial charge in [-0.2, -0.15) is 0 Å². The van der Waals surface area contributed by atoms with Crippen molar-refractivity contribution >= 4 is 17.0 Å². The van der Waals surface area contributed by atoms with Gasteiger partial charge in [-0.1, -0.05) is 5.21 Å². The molecule has 0 bridgehead atoms. The Morgan fingerprint density at radius 1 is 1.50 bits per heavy atom. The summed E-state index contributed by atoms with van der Waals surface area (Å²) in [5.41, 5.74) is 1.33. The van der Waals surface area contributed by atoms with Gasteiger partial charge in [0, 0.05) is 13.1 Å². The molecule has 2 rings (SSSR count). The van der Waals surface area contributed by atoms with E-state index >= 15 is 0 Å². The van der Waals surface area contributed by atoms with Crippen LogP contribution in [0, 0.1) is 0 Å². The molecule has 0 aliphatic rings. The monoisotopic (exact) mass is 222 g/mol. The molecular weight excluding hydrogens is 208 g/mol. The highest BCUT2D eigenvalue weighted by atomic mass is 16.3. The Morgan fingerprint density at radius 2 is 2.31 bits per heavy atom. The molecule has 2 aromatic heterocycles. The van der Waals surface area contributed by atoms with Crippen LogP contribution in [0.15, 0.2) is 6.33 Å². The first-order chi connectivity index (χ1) is 7.72. The maximum atomic E-state index is 9.19. The topological polar surface area (TPSA) is 88.8 Å². The van der Waals surface area contributed by atoms with E-state index in [0.29, 0.717) is 30.1 Å². The van der Waals surface area contributed by atoms with Crippen molar-refractivity contribution in [3.63, 3.8) is 0 Å². The molecule has 2 aromatic rings. The summed E-state index contributed by atoms with van der Waals surface area (Å²) in [7, 11) is 0. The summed E-state index contributed by atoms with van der Waals surface area (Å²) in [5.74, 6) is 0.602. The second-order valence-electron chi connectivity index (χ2n) is 3.53. The Balaban J connectivity index is 2.35. The Morgan fingerprint density at radius 3 is 3.00 bits per heavy atom. The predicted molar refractivity (Wildman–Crippen MR) is 59.0 cm³/mol. The minimum absolute atomic E-state index is 0.422. The van der Waals surface area contributed by atoms with E-state index in [4.69, 9.17) is 0 Å². The number of aryl methyl sites for hydroxylation is 1. The second kappa shape index (κ2) is 4.40. The second-order valence-corrected chi connectivity index (χ2v) is 3.53. The molecule has 86 valence electrons. The number of rotatable bonds is 4. The van der Waals surface area contributed by atoms with Gasteiger partial charge in [0.05, 0.1) is 6.10 Å². The van der Waals surface area contributed by atoms with Crippen LogP contribution in [0.2, 0.25) is 0 Å². The lowest BCUT2D eigenvalue weighted by molar-refractivity contribution is 0.208. The number of nitrogens with zero attached hydrogens (tertiary/aromatic N) is 5. The summed E-state index contributed by atoms with van der Waals surface area (Å²) < 4.78 is 1.70. The quantitative estimate of drug-likeness (QED) is 0.759. The van der Waals surface area contributed by atoms with Crippen LogP contribution in [0.1, 0.15) is 13.8 Å². The minimum atomic E-state index is -0.439. The summed E-state index contributed by atoms with van der Waals surface area (Å²) in [4.78, 5) is 8.20. The maximum Gasteiger partial charge on any atom is 0.183 e. The third-order valence-electron chi connectivity index (χ3n) is 2.16. The zero-order valence-electron chi connectivity index (χ0n) is 9.25. The van der Waals surface area contributed by atoms with E-state index in [1.807, 2.05) is 6.92 Å². The van der Waals surface area contributed by atoms with Crippen molar-refractivity contribution in [3.8, 4) is 0 Å². The molecule has 0 saturated carbocycles. The molecule has 0 spiro atoms. The number of anilines is 1. The smallest absolute Gasteiger partial charge is 0.183 e. The molecule has 0 amide bonds. The molecule has 0 aliphatic carbocycles. The predicted octanol–water partition coefficient (Wildman–Crippen LogP) is 0.0339. The fourth-order valence-electron chi connectivity index (χ4n) is 1.38. The van der Waals surface area contributed by atoms with Gasteiger partial charge in [0.2, 0.25) is 0 Å². The first-order valence-corrected chi connectivity index (χ1v) is 5.18. The van der Waals surface area contributed by atoms with E-state index in [1.54, 1.807) is 11.6 Å². The van der Waals surface area contributed by atoms with Crippen molar-refractivity contribution in [2.45, 2.75) is 26.5 Å². The van der Waals surface area contributed by atoms with Gasteiger partial charge in [-0.25, -0.2) is 14.6 Å². The van der Waals surface area contributed by atoms with Gasteiger partial charge in [-0.15, -0.1) is 5.10 Å². The molecule has 7 heteroatoms. The lowest BCUT2D eigenvalue weighted by Crippen LogP contribution is -2.16. The molecular formula is C9H14N6O. The van der Waals surface area contributed by atoms with Gasteiger partial charge in [0.15, 0.2) is 17.0 Å². The molecule has 0 fully saturated rings. The van der Waals surface area contributed by atoms with E-state index in [0.717, 1.165) is 0 Å². The van der Waals surface area contributed by atoms with Gasteiger partial charge in [-0.05, 0) is 13.8 Å². The molecule has 2 N–H and O–H groups in total. The first-order valence-electron chi connectivity index (χ1n) is 5.18. The van der Waals surface area contributed by atoms with E-state index in [2.05, 4.69) is 25.6 Å². The van der Waals surface area contributed by atoms with Crippen LogP contribution in [0.25, 0.3) is 11.2 Å². The van der Waals surface area contributed by atoms with E-state index < -0.39 is 6.10 Å². The van der Waals surface area contributed by atoms with Crippen LogP contribution >= 0.6 is 0 Å². The molecule has 0 radical (unpaired) electrons. The number of hydrogen-bond acceptors (Lipinski definition) is 6. The Kier molecular flexibility index (Phi) is 2.95. The highest BCUT2D eigenvalue weighted by Gasteiger charge is 2.10. The van der Waals surface area contributed by atoms with Crippen molar-refractivity contribution in [1.29, 1.82) is 0 Å². The highest BCUT2D eigenvalue weighted by molar-refractivity contribution is 5.81. The van der Waals surface area contributed by atoms with E-state index in [1.165, 1.54) is 6.33 Å². The van der Waals surface area contributed by atoms with Crippen LogP contribution in [-0.2, 0) is 6.54 Å². The zero-order chi connectivity index (χ0) is 11.5. The molecule has 0 saturated heterocycles. The number of hydrogen-bond donors (Lipinski definition) is 2. The van der Waals surface area contributed by atoms with Crippen LogP contribution in [0.4, 0.5) is 5.82 Å². The fourth-order valence-corrected chi connectivity index (χ4v) is 1.38. The van der Waals surface area contributed by atoms with E-state index in [9.17, 15) is 5.11 Å². The third kappa shape index (κ3) is 1.94. The fraction of sp³-hybridized carbons (Fsp3) is 0.556. The molecule has 0 aromatic carbocycles. The van der Waals surface area contributed by atoms with Crippen LogP contribution in [-0.4, -0.2) is 42.7 Å². The SMILES string of the molecule is CCn1nnc2c(NC[C@H](C)O)ncnc21. The molecule has 0 aliphatic heterocycles. The summed E-state index contributed by atoms with van der Waals surface area (Å²) in [6, 6.07) is 0. The van der Waals surface area contributed by atoms with Gasteiger partial charge >= 0.3 is 0 Å². The van der Waals surface area contributed by atoms with Crippen molar-refractivity contribution in [2.75, 3.05) is 11.9 Å². The van der Waals surface area contributed by atoms with Crippen LogP contribution in [0.5, 0.6) is 0 Å². The van der Waals surface area contributed by atoms with Gasteiger partial charge < -0.3 is 10.4 Å². The van der Waals surface area contributed by atoms with Crippen molar-refractivity contribution in [2.24, 2.45) is 0 Å². The average molecular weight is 222 g/mol. The summed E-state index contributed by atoms with van der Waals surface area (Å²) in [6.45, 7) is 4.81. The van der Waals surface area contributed by atoms with Gasteiger partial charge in [-0.3, -0.25) is 0 Å². The number of aromatic nitrogens is 5.